The second kappa shape index (κ2) is 7.33. The Balaban J connectivity index is 1.87. The number of nitrogens with one attached hydrogen (secondary N) is 2. The van der Waals surface area contributed by atoms with E-state index < -0.39 is 0 Å². The number of aromatic amines is 1. The van der Waals surface area contributed by atoms with Crippen molar-refractivity contribution in [3.63, 3.8) is 0 Å². The lowest BCUT2D eigenvalue weighted by Gasteiger charge is -2.23. The van der Waals surface area contributed by atoms with Crippen LogP contribution in [0.3, 0.4) is 0 Å². The van der Waals surface area contributed by atoms with Gasteiger partial charge in [-0.3, -0.25) is 4.98 Å². The summed E-state index contributed by atoms with van der Waals surface area (Å²) >= 11 is 0. The highest BCUT2D eigenvalue weighted by atomic mass is 16.3. The largest absolute Gasteiger partial charge is 0.505 e. The van der Waals surface area contributed by atoms with E-state index in [1.54, 1.807) is 0 Å². The molecular weight excluding hydrogens is 338 g/mol. The molecule has 0 bridgehead atoms. The van der Waals surface area contributed by atoms with E-state index in [2.05, 4.69) is 33.5 Å². The summed E-state index contributed by atoms with van der Waals surface area (Å²) in [5.74, 6) is 0.778. The third-order valence-electron chi connectivity index (χ3n) is 5.67. The van der Waals surface area contributed by atoms with Gasteiger partial charge in [-0.1, -0.05) is 6.07 Å². The van der Waals surface area contributed by atoms with E-state index >= 15 is 0 Å². The Hall–Kier alpha value is -2.37. The molecule has 3 heterocycles. The van der Waals surface area contributed by atoms with E-state index in [4.69, 9.17) is 0 Å². The minimum Gasteiger partial charge on any atom is -0.505 e. The third-order valence-corrected chi connectivity index (χ3v) is 5.67. The number of aliphatic hydroxyl groups is 1. The van der Waals surface area contributed by atoms with Crippen molar-refractivity contribution in [2.24, 2.45) is 0 Å². The zero-order valence-electron chi connectivity index (χ0n) is 16.0. The Morgan fingerprint density at radius 3 is 2.67 bits per heavy atom. The topological polar surface area (TPSA) is 81.2 Å². The molecule has 0 aliphatic carbocycles. The molecule has 0 spiro atoms. The molecule has 0 radical (unpaired) electrons. The van der Waals surface area contributed by atoms with Gasteiger partial charge in [0, 0.05) is 28.8 Å². The molecule has 0 atom stereocenters. The third kappa shape index (κ3) is 3.33. The molecule has 0 saturated carbocycles. The summed E-state index contributed by atoms with van der Waals surface area (Å²) < 4.78 is 0. The summed E-state index contributed by atoms with van der Waals surface area (Å²) in [6.45, 7) is 5.94. The fraction of sp³-hybridized carbons (Fsp3) is 0.409. The van der Waals surface area contributed by atoms with Gasteiger partial charge in [-0.2, -0.15) is 0 Å². The highest BCUT2D eigenvalue weighted by molar-refractivity contribution is 5.92. The van der Waals surface area contributed by atoms with Crippen LogP contribution in [-0.2, 0) is 6.42 Å². The van der Waals surface area contributed by atoms with E-state index in [1.165, 1.54) is 5.56 Å². The Bertz CT molecular complexity index is 971. The first-order chi connectivity index (χ1) is 13.1. The van der Waals surface area contributed by atoms with Gasteiger partial charge in [-0.15, -0.1) is 0 Å². The number of rotatable bonds is 4. The fourth-order valence-electron chi connectivity index (χ4n) is 4.29. The van der Waals surface area contributed by atoms with Gasteiger partial charge in [0.05, 0.1) is 11.4 Å². The number of hydrogen-bond acceptors (Lipinski definition) is 4. The van der Waals surface area contributed by atoms with Crippen molar-refractivity contribution in [1.82, 2.24) is 15.3 Å². The molecule has 4 N–H and O–H groups in total. The molecule has 27 heavy (non-hydrogen) atoms. The molecule has 0 unspecified atom stereocenters. The zero-order valence-corrected chi connectivity index (χ0v) is 16.0. The van der Waals surface area contributed by atoms with Crippen LogP contribution in [0, 0.1) is 13.8 Å². The Morgan fingerprint density at radius 2 is 1.93 bits per heavy atom. The van der Waals surface area contributed by atoms with E-state index in [9.17, 15) is 10.2 Å². The highest BCUT2D eigenvalue weighted by Gasteiger charge is 2.20. The fourth-order valence-corrected chi connectivity index (χ4v) is 4.29. The van der Waals surface area contributed by atoms with Gasteiger partial charge in [-0.25, -0.2) is 0 Å². The number of fused-ring (bicyclic) bond motifs is 1. The first-order valence-corrected chi connectivity index (χ1v) is 9.72. The predicted molar refractivity (Wildman–Crippen MR) is 108 cm³/mol. The van der Waals surface area contributed by atoms with E-state index in [0.29, 0.717) is 18.0 Å². The average molecular weight is 365 g/mol. The summed E-state index contributed by atoms with van der Waals surface area (Å²) in [6.07, 6.45) is 2.86. The number of aromatic hydroxyl groups is 1. The normalized spacial score (nSPS) is 15.5. The lowest BCUT2D eigenvalue weighted by molar-refractivity contribution is 0.300. The number of pyridine rings is 1. The molecule has 5 heteroatoms. The lowest BCUT2D eigenvalue weighted by Crippen LogP contribution is -2.26. The van der Waals surface area contributed by atoms with E-state index in [0.717, 1.165) is 59.3 Å². The molecule has 4 rings (SSSR count). The Morgan fingerprint density at radius 1 is 1.15 bits per heavy atom. The van der Waals surface area contributed by atoms with Crippen molar-refractivity contribution in [2.45, 2.75) is 39.0 Å². The molecule has 1 aliphatic heterocycles. The summed E-state index contributed by atoms with van der Waals surface area (Å²) in [5.41, 5.74) is 6.58. The van der Waals surface area contributed by atoms with Crippen molar-refractivity contribution >= 4 is 10.9 Å². The minimum absolute atomic E-state index is 0.0708. The lowest BCUT2D eigenvalue weighted by atomic mass is 9.89. The molecule has 142 valence electrons. The van der Waals surface area contributed by atoms with Crippen LogP contribution in [0.25, 0.3) is 22.2 Å². The Kier molecular flexibility index (Phi) is 4.89. The second-order valence-corrected chi connectivity index (χ2v) is 7.53. The summed E-state index contributed by atoms with van der Waals surface area (Å²) in [5, 5.41) is 24.8. The first-order valence-electron chi connectivity index (χ1n) is 9.72. The van der Waals surface area contributed by atoms with Crippen molar-refractivity contribution in [3.8, 4) is 17.0 Å². The number of H-pyrrole nitrogens is 1. The second-order valence-electron chi connectivity index (χ2n) is 7.53. The van der Waals surface area contributed by atoms with Crippen LogP contribution < -0.4 is 5.32 Å². The van der Waals surface area contributed by atoms with Crippen LogP contribution in [0.5, 0.6) is 5.75 Å². The number of aliphatic hydroxyl groups excluding tert-OH is 1. The standard InChI is InChI=1S/C22H27N3O2/c1-13-11-19(22(27)14(2)24-13)21-17(7-10-26)18-12-16(3-4-20(18)25-21)15-5-8-23-9-6-15/h3-4,11-12,15,23,25-27H,5-10H2,1-2H3. The molecule has 1 aliphatic rings. The number of aryl methyl sites for hydroxylation is 2. The molecular formula is C22H27N3O2. The first kappa shape index (κ1) is 18.0. The minimum atomic E-state index is 0.0708. The molecule has 1 saturated heterocycles. The highest BCUT2D eigenvalue weighted by Crippen LogP contribution is 2.38. The molecule has 2 aromatic heterocycles. The molecule has 0 amide bonds. The number of nitrogens with zero attached hydrogens (tertiary/aromatic N) is 1. The summed E-state index contributed by atoms with van der Waals surface area (Å²) in [7, 11) is 0. The van der Waals surface area contributed by atoms with Crippen LogP contribution in [0.2, 0.25) is 0 Å². The van der Waals surface area contributed by atoms with Crippen molar-refractivity contribution in [2.75, 3.05) is 19.7 Å². The van der Waals surface area contributed by atoms with Crippen LogP contribution >= 0.6 is 0 Å². The number of piperidine rings is 1. The maximum atomic E-state index is 10.6. The monoisotopic (exact) mass is 365 g/mol. The van der Waals surface area contributed by atoms with Gasteiger partial charge in [0.25, 0.3) is 0 Å². The molecule has 1 aromatic carbocycles. The molecule has 3 aromatic rings. The predicted octanol–water partition coefficient (Wildman–Crippen LogP) is 3.55. The maximum absolute atomic E-state index is 10.6. The smallest absolute Gasteiger partial charge is 0.146 e. The van der Waals surface area contributed by atoms with Gasteiger partial charge >= 0.3 is 0 Å². The van der Waals surface area contributed by atoms with Crippen LogP contribution in [0.4, 0.5) is 0 Å². The summed E-state index contributed by atoms with van der Waals surface area (Å²) in [6, 6.07) is 8.52. The maximum Gasteiger partial charge on any atom is 0.146 e. The van der Waals surface area contributed by atoms with Gasteiger partial charge in [0.2, 0.25) is 0 Å². The number of benzene rings is 1. The van der Waals surface area contributed by atoms with Crippen molar-refractivity contribution < 1.29 is 10.2 Å². The van der Waals surface area contributed by atoms with Gasteiger partial charge in [-0.05, 0) is 81.4 Å². The van der Waals surface area contributed by atoms with Gasteiger partial charge < -0.3 is 20.5 Å². The molecule has 5 nitrogen and oxygen atoms in total. The molecule has 1 fully saturated rings. The number of aromatic nitrogens is 2. The van der Waals surface area contributed by atoms with Crippen LogP contribution in [0.15, 0.2) is 24.3 Å². The van der Waals surface area contributed by atoms with Crippen molar-refractivity contribution in [1.29, 1.82) is 0 Å². The van der Waals surface area contributed by atoms with Crippen molar-refractivity contribution in [3.05, 3.63) is 46.8 Å². The summed E-state index contributed by atoms with van der Waals surface area (Å²) in [4.78, 5) is 7.82. The van der Waals surface area contributed by atoms with E-state index in [-0.39, 0.29) is 12.4 Å². The van der Waals surface area contributed by atoms with Crippen LogP contribution in [0.1, 0.15) is 41.3 Å². The van der Waals surface area contributed by atoms with E-state index in [1.807, 2.05) is 19.9 Å². The van der Waals surface area contributed by atoms with Gasteiger partial charge in [0.15, 0.2) is 0 Å². The quantitative estimate of drug-likeness (QED) is 0.570. The Labute approximate surface area is 159 Å². The average Bonchev–Trinajstić information content (AvgIpc) is 3.03. The zero-order chi connectivity index (χ0) is 19.0. The number of hydrogen-bond donors (Lipinski definition) is 4. The van der Waals surface area contributed by atoms with Crippen LogP contribution in [-0.4, -0.2) is 39.9 Å². The SMILES string of the molecule is Cc1cc(-c2[nH]c3ccc(C4CCNCC4)cc3c2CCO)c(O)c(C)n1. The van der Waals surface area contributed by atoms with Gasteiger partial charge in [0.1, 0.15) is 5.75 Å².